The summed E-state index contributed by atoms with van der Waals surface area (Å²) in [6, 6.07) is 6.09. The molecule has 16 heavy (non-hydrogen) atoms. The van der Waals surface area contributed by atoms with Gasteiger partial charge in [0.1, 0.15) is 0 Å². The van der Waals surface area contributed by atoms with Crippen LogP contribution in [0.5, 0.6) is 0 Å². The topological polar surface area (TPSA) is 48.6 Å². The van der Waals surface area contributed by atoms with Crippen LogP contribution in [0.25, 0.3) is 11.0 Å². The maximum absolute atomic E-state index is 11.1. The molecular weight excluding hydrogens is 268 g/mol. The van der Waals surface area contributed by atoms with Crippen LogP contribution in [0.15, 0.2) is 23.0 Å². The van der Waals surface area contributed by atoms with Crippen molar-refractivity contribution in [1.82, 2.24) is 9.97 Å². The molecule has 1 fully saturated rings. The van der Waals surface area contributed by atoms with E-state index in [1.165, 1.54) is 24.8 Å². The number of hydrogen-bond donors (Lipinski definition) is 2. The molecule has 0 aliphatic heterocycles. The standard InChI is InChI=1S/C12H13BrN2O/c13-9(5-7-1-2-7)8-3-4-10-11(6-8)15-12(16)14-10/h3-4,6-7,9H,1-2,5H2,(H2,14,15,16). The molecule has 1 atom stereocenters. The zero-order chi connectivity index (χ0) is 11.1. The van der Waals surface area contributed by atoms with Gasteiger partial charge >= 0.3 is 5.69 Å². The van der Waals surface area contributed by atoms with Gasteiger partial charge in [-0.25, -0.2) is 4.79 Å². The van der Waals surface area contributed by atoms with Crippen LogP contribution in [0, 0.1) is 5.92 Å². The van der Waals surface area contributed by atoms with Crippen molar-refractivity contribution in [2.75, 3.05) is 0 Å². The summed E-state index contributed by atoms with van der Waals surface area (Å²) in [7, 11) is 0. The van der Waals surface area contributed by atoms with Gasteiger partial charge in [-0.1, -0.05) is 34.8 Å². The van der Waals surface area contributed by atoms with Crippen molar-refractivity contribution >= 4 is 27.0 Å². The Morgan fingerprint density at radius 3 is 2.81 bits per heavy atom. The fourth-order valence-corrected chi connectivity index (χ4v) is 2.84. The van der Waals surface area contributed by atoms with E-state index in [1.807, 2.05) is 6.07 Å². The van der Waals surface area contributed by atoms with E-state index in [4.69, 9.17) is 0 Å². The van der Waals surface area contributed by atoms with Gasteiger partial charge in [-0.15, -0.1) is 0 Å². The first-order valence-corrected chi connectivity index (χ1v) is 6.50. The summed E-state index contributed by atoms with van der Waals surface area (Å²) < 4.78 is 0. The minimum atomic E-state index is -0.138. The number of hydrogen-bond acceptors (Lipinski definition) is 1. The van der Waals surface area contributed by atoms with E-state index in [2.05, 4.69) is 38.0 Å². The van der Waals surface area contributed by atoms with Gasteiger partial charge in [0.15, 0.2) is 0 Å². The Morgan fingerprint density at radius 2 is 2.06 bits per heavy atom. The smallest absolute Gasteiger partial charge is 0.306 e. The molecular formula is C12H13BrN2O. The number of rotatable bonds is 3. The minimum absolute atomic E-state index is 0.138. The molecule has 3 nitrogen and oxygen atoms in total. The first kappa shape index (κ1) is 10.1. The number of aromatic amines is 2. The average Bonchev–Trinajstić information content (AvgIpc) is 2.96. The first-order valence-electron chi connectivity index (χ1n) is 5.58. The zero-order valence-corrected chi connectivity index (χ0v) is 10.4. The summed E-state index contributed by atoms with van der Waals surface area (Å²) in [5, 5.41) is 0. The Balaban J connectivity index is 1.93. The largest absolute Gasteiger partial charge is 0.323 e. The van der Waals surface area contributed by atoms with Crippen LogP contribution in [-0.2, 0) is 0 Å². The fraction of sp³-hybridized carbons (Fsp3) is 0.417. The van der Waals surface area contributed by atoms with E-state index < -0.39 is 0 Å². The number of benzene rings is 1. The lowest BCUT2D eigenvalue weighted by atomic mass is 10.1. The molecule has 2 aromatic rings. The number of fused-ring (bicyclic) bond motifs is 1. The lowest BCUT2D eigenvalue weighted by Crippen LogP contribution is -1.99. The van der Waals surface area contributed by atoms with Crippen LogP contribution in [0.4, 0.5) is 0 Å². The lowest BCUT2D eigenvalue weighted by molar-refractivity contribution is 0.722. The number of nitrogens with one attached hydrogen (secondary N) is 2. The summed E-state index contributed by atoms with van der Waals surface area (Å²) in [4.78, 5) is 17.1. The predicted octanol–water partition coefficient (Wildman–Crippen LogP) is 3.09. The molecule has 1 aliphatic carbocycles. The second kappa shape index (κ2) is 3.77. The van der Waals surface area contributed by atoms with Crippen LogP contribution < -0.4 is 5.69 Å². The quantitative estimate of drug-likeness (QED) is 0.834. The van der Waals surface area contributed by atoms with Crippen LogP contribution in [0.1, 0.15) is 29.7 Å². The second-order valence-corrected chi connectivity index (χ2v) is 5.64. The van der Waals surface area contributed by atoms with E-state index in [9.17, 15) is 4.79 Å². The van der Waals surface area contributed by atoms with Crippen molar-refractivity contribution in [3.05, 3.63) is 34.2 Å². The molecule has 3 rings (SSSR count). The monoisotopic (exact) mass is 280 g/mol. The molecule has 0 saturated heterocycles. The summed E-state index contributed by atoms with van der Waals surface area (Å²) >= 11 is 3.72. The third-order valence-corrected chi connectivity index (χ3v) is 4.04. The SMILES string of the molecule is O=c1[nH]c2ccc(C(Br)CC3CC3)cc2[nH]1. The van der Waals surface area contributed by atoms with Gasteiger partial charge < -0.3 is 9.97 Å². The highest BCUT2D eigenvalue weighted by Crippen LogP contribution is 2.41. The van der Waals surface area contributed by atoms with E-state index in [0.717, 1.165) is 17.0 Å². The number of halogens is 1. The molecule has 1 unspecified atom stereocenters. The maximum Gasteiger partial charge on any atom is 0.323 e. The highest BCUT2D eigenvalue weighted by atomic mass is 79.9. The van der Waals surface area contributed by atoms with Gasteiger partial charge in [0.2, 0.25) is 0 Å². The summed E-state index contributed by atoms with van der Waals surface area (Å²) in [5.74, 6) is 0.894. The highest BCUT2D eigenvalue weighted by molar-refractivity contribution is 9.09. The average molecular weight is 281 g/mol. The lowest BCUT2D eigenvalue weighted by Gasteiger charge is -2.08. The third kappa shape index (κ3) is 1.94. The number of alkyl halides is 1. The fourth-order valence-electron chi connectivity index (χ4n) is 2.03. The molecule has 0 bridgehead atoms. The molecule has 1 aromatic heterocycles. The highest BCUT2D eigenvalue weighted by Gasteiger charge is 2.25. The van der Waals surface area contributed by atoms with E-state index in [0.29, 0.717) is 4.83 Å². The first-order chi connectivity index (χ1) is 7.72. The van der Waals surface area contributed by atoms with Crippen LogP contribution in [0.2, 0.25) is 0 Å². The van der Waals surface area contributed by atoms with E-state index >= 15 is 0 Å². The zero-order valence-electron chi connectivity index (χ0n) is 8.79. The molecule has 1 heterocycles. The Kier molecular flexibility index (Phi) is 2.39. The Morgan fingerprint density at radius 1 is 1.31 bits per heavy atom. The molecule has 84 valence electrons. The van der Waals surface area contributed by atoms with Gasteiger partial charge in [-0.3, -0.25) is 0 Å². The van der Waals surface area contributed by atoms with Gasteiger partial charge in [-0.2, -0.15) is 0 Å². The number of aromatic nitrogens is 2. The van der Waals surface area contributed by atoms with Crippen molar-refractivity contribution in [3.8, 4) is 0 Å². The molecule has 0 spiro atoms. The van der Waals surface area contributed by atoms with Gasteiger partial charge in [0.05, 0.1) is 11.0 Å². The molecule has 0 radical (unpaired) electrons. The van der Waals surface area contributed by atoms with Crippen LogP contribution >= 0.6 is 15.9 Å². The van der Waals surface area contributed by atoms with Crippen LogP contribution in [0.3, 0.4) is 0 Å². The van der Waals surface area contributed by atoms with Crippen molar-refractivity contribution < 1.29 is 0 Å². The molecule has 1 aliphatic rings. The summed E-state index contributed by atoms with van der Waals surface area (Å²) in [5.41, 5.74) is 2.87. The van der Waals surface area contributed by atoms with E-state index in [-0.39, 0.29) is 5.69 Å². The minimum Gasteiger partial charge on any atom is -0.306 e. The van der Waals surface area contributed by atoms with Crippen molar-refractivity contribution in [1.29, 1.82) is 0 Å². The molecule has 4 heteroatoms. The van der Waals surface area contributed by atoms with Gasteiger partial charge in [0, 0.05) is 4.83 Å². The maximum atomic E-state index is 11.1. The van der Waals surface area contributed by atoms with Gasteiger partial charge in [0.25, 0.3) is 0 Å². The Bertz CT molecular complexity index is 568. The normalized spacial score (nSPS) is 17.8. The van der Waals surface area contributed by atoms with E-state index in [1.54, 1.807) is 0 Å². The van der Waals surface area contributed by atoms with Crippen molar-refractivity contribution in [2.45, 2.75) is 24.1 Å². The molecule has 0 amide bonds. The molecule has 1 aromatic carbocycles. The third-order valence-electron chi connectivity index (χ3n) is 3.14. The Hall–Kier alpha value is -1.03. The summed E-state index contributed by atoms with van der Waals surface area (Å²) in [6.45, 7) is 0. The van der Waals surface area contributed by atoms with Crippen molar-refractivity contribution in [3.63, 3.8) is 0 Å². The van der Waals surface area contributed by atoms with Gasteiger partial charge in [-0.05, 0) is 30.0 Å². The van der Waals surface area contributed by atoms with Crippen molar-refractivity contribution in [2.24, 2.45) is 5.92 Å². The number of imidazole rings is 1. The molecule has 2 N–H and O–H groups in total. The van der Waals surface area contributed by atoms with Crippen LogP contribution in [-0.4, -0.2) is 9.97 Å². The molecule has 1 saturated carbocycles. The Labute approximate surface area is 101 Å². The summed E-state index contributed by atoms with van der Waals surface area (Å²) in [6.07, 6.45) is 3.93. The number of H-pyrrole nitrogens is 2. The second-order valence-electron chi connectivity index (χ2n) is 4.53. The predicted molar refractivity (Wildman–Crippen MR) is 67.9 cm³/mol.